The lowest BCUT2D eigenvalue weighted by Gasteiger charge is -2.57. The molecule has 3 N–H and O–H groups in total. The number of carbonyl (C=O) groups excluding carboxylic acids is 1. The molecule has 1 amide bonds. The average molecular weight is 298 g/mol. The molecule has 4 aliphatic rings. The van der Waals surface area contributed by atoms with E-state index in [9.17, 15) is 4.79 Å². The largest absolute Gasteiger partial charge is 0.349 e. The summed E-state index contributed by atoms with van der Waals surface area (Å²) in [4.78, 5) is 12.6. The molecule has 4 fully saturated rings. The van der Waals surface area contributed by atoms with Crippen LogP contribution >= 0.6 is 0 Å². The van der Waals surface area contributed by atoms with E-state index in [1.807, 2.05) is 30.3 Å². The maximum absolute atomic E-state index is 12.6. The van der Waals surface area contributed by atoms with Gasteiger partial charge < -0.3 is 11.1 Å². The fraction of sp³-hybridized carbons (Fsp3) is 0.632. The maximum Gasteiger partial charge on any atom is 0.237 e. The van der Waals surface area contributed by atoms with E-state index in [1.54, 1.807) is 0 Å². The molecule has 0 saturated heterocycles. The number of nitrogens with two attached hydrogens (primary N) is 1. The Bertz CT molecular complexity index is 519. The standard InChI is InChI=1S/C19H26N2O/c20-17(9-13-4-2-1-3-5-13)18(22)21-19-10-14-6-15(11-19)8-16(7-14)12-19/h1-5,14-17H,6-12,20H2,(H,21,22). The minimum Gasteiger partial charge on any atom is -0.349 e. The number of hydrogen-bond donors (Lipinski definition) is 2. The van der Waals surface area contributed by atoms with Gasteiger partial charge in [-0.1, -0.05) is 30.3 Å². The maximum atomic E-state index is 12.6. The number of benzene rings is 1. The molecule has 1 atom stereocenters. The van der Waals surface area contributed by atoms with Crippen molar-refractivity contribution in [1.29, 1.82) is 0 Å². The van der Waals surface area contributed by atoms with E-state index in [4.69, 9.17) is 5.73 Å². The van der Waals surface area contributed by atoms with Gasteiger partial charge in [-0.05, 0) is 68.3 Å². The van der Waals surface area contributed by atoms with Crippen molar-refractivity contribution in [3.05, 3.63) is 35.9 Å². The van der Waals surface area contributed by atoms with Gasteiger partial charge in [0.05, 0.1) is 6.04 Å². The third-order valence-electron chi connectivity index (χ3n) is 6.06. The van der Waals surface area contributed by atoms with Crippen LogP contribution in [0.1, 0.15) is 44.1 Å². The fourth-order valence-corrected chi connectivity index (χ4v) is 5.58. The molecule has 1 aromatic rings. The Morgan fingerprint density at radius 1 is 1.09 bits per heavy atom. The highest BCUT2D eigenvalue weighted by molar-refractivity contribution is 5.82. The highest BCUT2D eigenvalue weighted by Gasteiger charge is 2.51. The Labute approximate surface area is 132 Å². The Morgan fingerprint density at radius 2 is 1.64 bits per heavy atom. The second kappa shape index (κ2) is 5.38. The lowest BCUT2D eigenvalue weighted by atomic mass is 9.53. The van der Waals surface area contributed by atoms with Crippen LogP contribution in [-0.2, 0) is 11.2 Å². The van der Waals surface area contributed by atoms with Crippen LogP contribution in [0.3, 0.4) is 0 Å². The molecule has 118 valence electrons. The van der Waals surface area contributed by atoms with Crippen LogP contribution in [-0.4, -0.2) is 17.5 Å². The van der Waals surface area contributed by atoms with Gasteiger partial charge in [0.2, 0.25) is 5.91 Å². The van der Waals surface area contributed by atoms with Gasteiger partial charge >= 0.3 is 0 Å². The van der Waals surface area contributed by atoms with E-state index >= 15 is 0 Å². The quantitative estimate of drug-likeness (QED) is 0.898. The zero-order valence-electron chi connectivity index (χ0n) is 13.1. The van der Waals surface area contributed by atoms with Crippen LogP contribution in [0.2, 0.25) is 0 Å². The van der Waals surface area contributed by atoms with Gasteiger partial charge in [-0.25, -0.2) is 0 Å². The molecule has 0 aromatic heterocycles. The monoisotopic (exact) mass is 298 g/mol. The molecule has 5 rings (SSSR count). The summed E-state index contributed by atoms with van der Waals surface area (Å²) in [6.45, 7) is 0. The molecule has 0 radical (unpaired) electrons. The molecule has 4 saturated carbocycles. The summed E-state index contributed by atoms with van der Waals surface area (Å²) in [6, 6.07) is 9.63. The first kappa shape index (κ1) is 14.3. The molecule has 22 heavy (non-hydrogen) atoms. The van der Waals surface area contributed by atoms with Crippen molar-refractivity contribution in [1.82, 2.24) is 5.32 Å². The summed E-state index contributed by atoms with van der Waals surface area (Å²) in [7, 11) is 0. The third-order valence-corrected chi connectivity index (χ3v) is 6.06. The predicted octanol–water partition coefficient (Wildman–Crippen LogP) is 2.64. The van der Waals surface area contributed by atoms with E-state index in [2.05, 4.69) is 5.32 Å². The average Bonchev–Trinajstić information content (AvgIpc) is 2.46. The van der Waals surface area contributed by atoms with Crippen molar-refractivity contribution in [2.75, 3.05) is 0 Å². The first-order chi connectivity index (χ1) is 10.6. The second-order valence-corrected chi connectivity index (χ2v) is 7.98. The van der Waals surface area contributed by atoms with Crippen molar-refractivity contribution in [2.24, 2.45) is 23.5 Å². The number of carbonyl (C=O) groups is 1. The van der Waals surface area contributed by atoms with Crippen molar-refractivity contribution in [2.45, 2.75) is 56.5 Å². The first-order valence-electron chi connectivity index (χ1n) is 8.73. The normalized spacial score (nSPS) is 37.0. The van der Waals surface area contributed by atoms with E-state index in [-0.39, 0.29) is 11.4 Å². The smallest absolute Gasteiger partial charge is 0.237 e. The molecule has 4 aliphatic carbocycles. The number of rotatable bonds is 4. The first-order valence-corrected chi connectivity index (χ1v) is 8.73. The SMILES string of the molecule is NC(Cc1ccccc1)C(=O)NC12CC3CC(CC(C3)C1)C2. The van der Waals surface area contributed by atoms with Crippen LogP contribution in [0.4, 0.5) is 0 Å². The van der Waals surface area contributed by atoms with Crippen LogP contribution in [0.25, 0.3) is 0 Å². The van der Waals surface area contributed by atoms with Crippen LogP contribution < -0.4 is 11.1 Å². The minimum atomic E-state index is -0.435. The van der Waals surface area contributed by atoms with E-state index in [1.165, 1.54) is 38.5 Å². The van der Waals surface area contributed by atoms with Gasteiger partial charge in [0.15, 0.2) is 0 Å². The zero-order valence-corrected chi connectivity index (χ0v) is 13.1. The molecule has 0 spiro atoms. The molecule has 0 heterocycles. The zero-order chi connectivity index (χ0) is 15.2. The van der Waals surface area contributed by atoms with Crippen LogP contribution in [0.5, 0.6) is 0 Å². The Balaban J connectivity index is 1.41. The Kier molecular flexibility index (Phi) is 3.48. The van der Waals surface area contributed by atoms with E-state index in [0.29, 0.717) is 6.42 Å². The summed E-state index contributed by atoms with van der Waals surface area (Å²) in [5, 5.41) is 3.38. The summed E-state index contributed by atoms with van der Waals surface area (Å²) in [5.74, 6) is 2.58. The molecule has 4 bridgehead atoms. The van der Waals surface area contributed by atoms with Crippen molar-refractivity contribution in [3.8, 4) is 0 Å². The Hall–Kier alpha value is -1.35. The predicted molar refractivity (Wildman–Crippen MR) is 87.2 cm³/mol. The van der Waals surface area contributed by atoms with E-state index < -0.39 is 6.04 Å². The number of nitrogens with one attached hydrogen (secondary N) is 1. The molecule has 3 nitrogen and oxygen atoms in total. The highest BCUT2D eigenvalue weighted by atomic mass is 16.2. The van der Waals surface area contributed by atoms with Gasteiger partial charge in [-0.15, -0.1) is 0 Å². The molecular weight excluding hydrogens is 272 g/mol. The summed E-state index contributed by atoms with van der Waals surface area (Å²) in [6.07, 6.45) is 8.36. The molecule has 1 unspecified atom stereocenters. The second-order valence-electron chi connectivity index (χ2n) is 7.98. The summed E-state index contributed by atoms with van der Waals surface area (Å²) >= 11 is 0. The number of amides is 1. The van der Waals surface area contributed by atoms with Gasteiger partial charge in [0, 0.05) is 5.54 Å². The van der Waals surface area contributed by atoms with Crippen molar-refractivity contribution in [3.63, 3.8) is 0 Å². The molecule has 0 aliphatic heterocycles. The third kappa shape index (κ3) is 2.67. The minimum absolute atomic E-state index is 0.0470. The fourth-order valence-electron chi connectivity index (χ4n) is 5.58. The molecular formula is C19H26N2O. The topological polar surface area (TPSA) is 55.1 Å². The summed E-state index contributed by atoms with van der Waals surface area (Å²) < 4.78 is 0. The molecule has 1 aromatic carbocycles. The van der Waals surface area contributed by atoms with Gasteiger partial charge in [-0.3, -0.25) is 4.79 Å². The Morgan fingerprint density at radius 3 is 2.18 bits per heavy atom. The van der Waals surface area contributed by atoms with Gasteiger partial charge in [-0.2, -0.15) is 0 Å². The van der Waals surface area contributed by atoms with Gasteiger partial charge in [0.1, 0.15) is 0 Å². The van der Waals surface area contributed by atoms with E-state index in [0.717, 1.165) is 23.3 Å². The van der Waals surface area contributed by atoms with Crippen molar-refractivity contribution < 1.29 is 4.79 Å². The van der Waals surface area contributed by atoms with Crippen LogP contribution in [0.15, 0.2) is 30.3 Å². The molecule has 3 heteroatoms. The lowest BCUT2D eigenvalue weighted by Crippen LogP contribution is -2.62. The lowest BCUT2D eigenvalue weighted by molar-refractivity contribution is -0.128. The highest BCUT2D eigenvalue weighted by Crippen LogP contribution is 2.55. The van der Waals surface area contributed by atoms with Crippen molar-refractivity contribution >= 4 is 5.91 Å². The number of hydrogen-bond acceptors (Lipinski definition) is 2. The summed E-state index contributed by atoms with van der Waals surface area (Å²) in [5.41, 5.74) is 7.37. The van der Waals surface area contributed by atoms with Gasteiger partial charge in [0.25, 0.3) is 0 Å². The van der Waals surface area contributed by atoms with Crippen LogP contribution in [0, 0.1) is 17.8 Å².